The number of hydrogen-bond acceptors (Lipinski definition) is 5. The number of hydrogen-bond donors (Lipinski definition) is 1. The fourth-order valence-corrected chi connectivity index (χ4v) is 3.16. The Kier molecular flexibility index (Phi) is 5.83. The van der Waals surface area contributed by atoms with Crippen LogP contribution in [0.25, 0.3) is 0 Å². The van der Waals surface area contributed by atoms with Gasteiger partial charge in [0.15, 0.2) is 0 Å². The van der Waals surface area contributed by atoms with Gasteiger partial charge >= 0.3 is 5.97 Å². The summed E-state index contributed by atoms with van der Waals surface area (Å²) in [4.78, 5) is 24.8. The number of nitrogens with two attached hydrogens (primary N) is 1. The van der Waals surface area contributed by atoms with Crippen molar-refractivity contribution in [1.29, 1.82) is 0 Å². The monoisotopic (exact) mass is 321 g/mol. The summed E-state index contributed by atoms with van der Waals surface area (Å²) in [6.07, 6.45) is 0.708. The predicted octanol–water partition coefficient (Wildman–Crippen LogP) is 2.73. The van der Waals surface area contributed by atoms with Crippen LogP contribution >= 0.6 is 23.1 Å². The molecule has 0 spiro atoms. The summed E-state index contributed by atoms with van der Waals surface area (Å²) in [5, 5.41) is 1.99. The Bertz CT molecular complexity index is 611. The fraction of sp³-hybridized carbons (Fsp3) is 0.200. The Hall–Kier alpha value is -1.79. The summed E-state index contributed by atoms with van der Waals surface area (Å²) >= 11 is 2.88. The molecular formula is C15H15NO3S2. The van der Waals surface area contributed by atoms with Gasteiger partial charge in [-0.25, -0.2) is 4.79 Å². The molecule has 0 bridgehead atoms. The van der Waals surface area contributed by atoms with Crippen molar-refractivity contribution < 1.29 is 14.3 Å². The molecular weight excluding hydrogens is 306 g/mol. The third-order valence-corrected chi connectivity index (χ3v) is 4.67. The molecule has 0 atom stereocenters. The average molecular weight is 321 g/mol. The number of carbonyl (C=O) groups is 2. The minimum absolute atomic E-state index is 0.138. The van der Waals surface area contributed by atoms with Crippen LogP contribution in [-0.2, 0) is 16.0 Å². The van der Waals surface area contributed by atoms with E-state index in [4.69, 9.17) is 10.5 Å². The third kappa shape index (κ3) is 4.91. The van der Waals surface area contributed by atoms with Crippen LogP contribution in [-0.4, -0.2) is 24.2 Å². The summed E-state index contributed by atoms with van der Waals surface area (Å²) in [6.45, 7) is 0.341. The van der Waals surface area contributed by atoms with Gasteiger partial charge in [-0.05, 0) is 23.6 Å². The zero-order valence-corrected chi connectivity index (χ0v) is 12.9. The highest BCUT2D eigenvalue weighted by Gasteiger charge is 2.13. The van der Waals surface area contributed by atoms with Gasteiger partial charge < -0.3 is 10.5 Å². The Labute approximate surface area is 131 Å². The van der Waals surface area contributed by atoms with Gasteiger partial charge in [0.2, 0.25) is 5.91 Å². The number of carbonyl (C=O) groups excluding carboxylic acids is 2. The quantitative estimate of drug-likeness (QED) is 0.629. The average Bonchev–Trinajstić information content (AvgIpc) is 2.98. The number of primary amides is 1. The Morgan fingerprint density at radius 2 is 2.00 bits per heavy atom. The van der Waals surface area contributed by atoms with Crippen molar-refractivity contribution in [3.05, 3.63) is 52.2 Å². The van der Waals surface area contributed by atoms with Crippen molar-refractivity contribution in [3.63, 3.8) is 0 Å². The number of rotatable bonds is 7. The van der Waals surface area contributed by atoms with E-state index in [0.717, 1.165) is 0 Å². The molecule has 1 amide bonds. The summed E-state index contributed by atoms with van der Waals surface area (Å²) in [5.41, 5.74) is 5.59. The van der Waals surface area contributed by atoms with Gasteiger partial charge in [0.1, 0.15) is 0 Å². The van der Waals surface area contributed by atoms with Gasteiger partial charge in [0, 0.05) is 16.2 Å². The first-order valence-corrected chi connectivity index (χ1v) is 8.23. The van der Waals surface area contributed by atoms with Crippen molar-refractivity contribution >= 4 is 35.0 Å². The number of ether oxygens (including phenoxy) is 1. The molecule has 0 unspecified atom stereocenters. The maximum absolute atomic E-state index is 12.1. The van der Waals surface area contributed by atoms with E-state index in [0.29, 0.717) is 23.5 Å². The lowest BCUT2D eigenvalue weighted by molar-refractivity contribution is -0.115. The molecule has 21 heavy (non-hydrogen) atoms. The second-order valence-electron chi connectivity index (χ2n) is 4.22. The van der Waals surface area contributed by atoms with Crippen LogP contribution in [0.1, 0.15) is 15.2 Å². The molecule has 4 nitrogen and oxygen atoms in total. The van der Waals surface area contributed by atoms with E-state index < -0.39 is 5.91 Å². The number of benzene rings is 1. The normalized spacial score (nSPS) is 10.3. The molecule has 1 aromatic heterocycles. The van der Waals surface area contributed by atoms with E-state index in [2.05, 4.69) is 0 Å². The Morgan fingerprint density at radius 3 is 2.71 bits per heavy atom. The first-order chi connectivity index (χ1) is 10.2. The largest absolute Gasteiger partial charge is 0.462 e. The van der Waals surface area contributed by atoms with Crippen LogP contribution in [0.5, 0.6) is 0 Å². The smallest absolute Gasteiger partial charge is 0.339 e. The van der Waals surface area contributed by atoms with E-state index >= 15 is 0 Å². The van der Waals surface area contributed by atoms with E-state index in [1.165, 1.54) is 16.6 Å². The van der Waals surface area contributed by atoms with E-state index in [-0.39, 0.29) is 11.7 Å². The molecule has 2 N–H and O–H groups in total. The highest BCUT2D eigenvalue weighted by molar-refractivity contribution is 8.00. The molecule has 6 heteroatoms. The van der Waals surface area contributed by atoms with Crippen LogP contribution in [0.4, 0.5) is 0 Å². The van der Waals surface area contributed by atoms with Gasteiger partial charge in [-0.1, -0.05) is 18.2 Å². The Morgan fingerprint density at radius 1 is 1.19 bits per heavy atom. The Balaban J connectivity index is 1.93. The molecule has 0 fully saturated rings. The minimum Gasteiger partial charge on any atom is -0.462 e. The van der Waals surface area contributed by atoms with Gasteiger partial charge in [-0.2, -0.15) is 0 Å². The van der Waals surface area contributed by atoms with Crippen LogP contribution in [0.3, 0.4) is 0 Å². The minimum atomic E-state index is -0.416. The molecule has 0 radical (unpaired) electrons. The van der Waals surface area contributed by atoms with Crippen LogP contribution in [0, 0.1) is 0 Å². The first kappa shape index (κ1) is 15.6. The van der Waals surface area contributed by atoms with Gasteiger partial charge in [-0.15, -0.1) is 23.1 Å². The number of thiophene rings is 1. The fourth-order valence-electron chi connectivity index (χ4n) is 1.69. The standard InChI is InChI=1S/C15H15NO3S2/c16-14(17)10-21-13-6-2-1-5-12(13)15(18)19-8-7-11-4-3-9-20-11/h1-6,9H,7-8,10H2,(H2,16,17). The molecule has 0 saturated carbocycles. The molecule has 0 saturated heterocycles. The second kappa shape index (κ2) is 7.85. The number of esters is 1. The molecule has 110 valence electrons. The van der Waals surface area contributed by atoms with Gasteiger partial charge in [0.05, 0.1) is 17.9 Å². The third-order valence-electron chi connectivity index (χ3n) is 2.64. The van der Waals surface area contributed by atoms with Crippen LogP contribution < -0.4 is 5.73 Å². The summed E-state index contributed by atoms with van der Waals surface area (Å²) in [5.74, 6) is -0.653. The predicted molar refractivity (Wildman–Crippen MR) is 84.7 cm³/mol. The van der Waals surface area contributed by atoms with Crippen molar-refractivity contribution in [3.8, 4) is 0 Å². The second-order valence-corrected chi connectivity index (χ2v) is 6.27. The zero-order valence-electron chi connectivity index (χ0n) is 11.3. The molecule has 0 aliphatic carbocycles. The topological polar surface area (TPSA) is 69.4 Å². The van der Waals surface area contributed by atoms with Crippen LogP contribution in [0.15, 0.2) is 46.7 Å². The molecule has 2 aromatic rings. The summed E-state index contributed by atoms with van der Waals surface area (Å²) < 4.78 is 5.29. The lowest BCUT2D eigenvalue weighted by atomic mass is 10.2. The van der Waals surface area contributed by atoms with Crippen LogP contribution in [0.2, 0.25) is 0 Å². The van der Waals surface area contributed by atoms with E-state index in [1.807, 2.05) is 23.6 Å². The molecule has 1 heterocycles. The molecule has 1 aromatic carbocycles. The van der Waals surface area contributed by atoms with Crippen molar-refractivity contribution in [1.82, 2.24) is 0 Å². The number of amides is 1. The van der Waals surface area contributed by atoms with Gasteiger partial charge in [-0.3, -0.25) is 4.79 Å². The highest BCUT2D eigenvalue weighted by Crippen LogP contribution is 2.23. The van der Waals surface area contributed by atoms with E-state index in [1.54, 1.807) is 29.5 Å². The SMILES string of the molecule is NC(=O)CSc1ccccc1C(=O)OCCc1cccs1. The van der Waals surface area contributed by atoms with Crippen molar-refractivity contribution in [2.45, 2.75) is 11.3 Å². The molecule has 0 aliphatic heterocycles. The summed E-state index contributed by atoms with van der Waals surface area (Å²) in [6, 6.07) is 11.0. The lowest BCUT2D eigenvalue weighted by Crippen LogP contribution is -2.14. The summed E-state index contributed by atoms with van der Waals surface area (Å²) in [7, 11) is 0. The molecule has 2 rings (SSSR count). The maximum Gasteiger partial charge on any atom is 0.339 e. The van der Waals surface area contributed by atoms with Gasteiger partial charge in [0.25, 0.3) is 0 Å². The highest BCUT2D eigenvalue weighted by atomic mass is 32.2. The van der Waals surface area contributed by atoms with Crippen molar-refractivity contribution in [2.24, 2.45) is 5.73 Å². The zero-order chi connectivity index (χ0) is 15.1. The molecule has 0 aliphatic rings. The van der Waals surface area contributed by atoms with Crippen molar-refractivity contribution in [2.75, 3.05) is 12.4 Å². The first-order valence-electron chi connectivity index (χ1n) is 6.36. The van der Waals surface area contributed by atoms with E-state index in [9.17, 15) is 9.59 Å². The lowest BCUT2D eigenvalue weighted by Gasteiger charge is -2.08. The number of thioether (sulfide) groups is 1. The maximum atomic E-state index is 12.1.